The lowest BCUT2D eigenvalue weighted by molar-refractivity contribution is -0.523. The van der Waals surface area contributed by atoms with Gasteiger partial charge in [0.05, 0.1) is 13.2 Å². The Kier molecular flexibility index (Phi) is 11.0. The van der Waals surface area contributed by atoms with E-state index in [0.29, 0.717) is 25.1 Å². The van der Waals surface area contributed by atoms with Crippen LogP contribution in [0.25, 0.3) is 11.1 Å². The van der Waals surface area contributed by atoms with Crippen LogP contribution in [0.5, 0.6) is 11.5 Å². The number of ether oxygens (including phenoxy) is 1. The van der Waals surface area contributed by atoms with E-state index in [9.17, 15) is 19.5 Å². The van der Waals surface area contributed by atoms with Crippen molar-refractivity contribution in [2.24, 2.45) is 0 Å². The van der Waals surface area contributed by atoms with E-state index >= 15 is 0 Å². The summed E-state index contributed by atoms with van der Waals surface area (Å²) in [5.41, 5.74) is 8.41. The predicted molar refractivity (Wildman–Crippen MR) is 207 cm³/mol. The number of piperidine rings is 1. The number of phenols is 1. The van der Waals surface area contributed by atoms with Crippen LogP contribution in [0, 0.1) is 0 Å². The molecule has 9 heteroatoms. The van der Waals surface area contributed by atoms with E-state index in [-0.39, 0.29) is 29.9 Å². The van der Waals surface area contributed by atoms with Crippen molar-refractivity contribution in [1.82, 2.24) is 10.2 Å². The number of amides is 3. The number of anilines is 1. The molecule has 1 atom stereocenters. The Morgan fingerprint density at radius 1 is 0.906 bits per heavy atom. The van der Waals surface area contributed by atoms with E-state index in [1.807, 2.05) is 42.5 Å². The van der Waals surface area contributed by atoms with E-state index < -0.39 is 6.04 Å². The number of allylic oxidation sites excluding steroid dienone is 1. The van der Waals surface area contributed by atoms with Crippen molar-refractivity contribution in [3.63, 3.8) is 0 Å². The van der Waals surface area contributed by atoms with Gasteiger partial charge in [-0.3, -0.25) is 19.7 Å². The highest BCUT2D eigenvalue weighted by atomic mass is 16.5. The van der Waals surface area contributed by atoms with Crippen LogP contribution in [-0.2, 0) is 16.1 Å². The van der Waals surface area contributed by atoms with Crippen molar-refractivity contribution in [2.45, 2.75) is 58.0 Å². The van der Waals surface area contributed by atoms with Crippen molar-refractivity contribution in [3.8, 4) is 11.5 Å². The van der Waals surface area contributed by atoms with E-state index in [4.69, 9.17) is 4.74 Å². The Bertz CT molecular complexity index is 2020. The number of imide groups is 1. The first-order valence-corrected chi connectivity index (χ1v) is 18.8. The molecule has 1 unspecified atom stereocenters. The Balaban J connectivity index is 0.914. The summed E-state index contributed by atoms with van der Waals surface area (Å²) in [7, 11) is 0. The molecule has 3 aliphatic rings. The minimum atomic E-state index is -0.602. The van der Waals surface area contributed by atoms with Crippen LogP contribution in [0.3, 0.4) is 0 Å². The van der Waals surface area contributed by atoms with Gasteiger partial charge in [0, 0.05) is 43.6 Å². The number of aromatic hydroxyl groups is 1. The molecule has 0 bridgehead atoms. The first-order valence-electron chi connectivity index (χ1n) is 18.8. The van der Waals surface area contributed by atoms with Gasteiger partial charge in [-0.25, -0.2) is 4.58 Å². The SMILES string of the molecule is CC/C(=C(\c1ccc(O)cc1)c1ccc(OCCCC[N+]2=CCN(c3ccc4c(c3)CN(C3CCC(=O)NC3=O)C4=O)CCC2)cc1)c1ccccc1. The first kappa shape index (κ1) is 35.7. The van der Waals surface area contributed by atoms with Crippen LogP contribution in [0.15, 0.2) is 97.1 Å². The summed E-state index contributed by atoms with van der Waals surface area (Å²) in [6, 6.07) is 31.6. The minimum absolute atomic E-state index is 0.142. The average molecular weight is 712 g/mol. The fourth-order valence-electron chi connectivity index (χ4n) is 7.69. The van der Waals surface area contributed by atoms with Gasteiger partial charge in [0.1, 0.15) is 30.6 Å². The second-order valence-corrected chi connectivity index (χ2v) is 14.0. The first-order chi connectivity index (χ1) is 25.9. The molecule has 0 spiro atoms. The second kappa shape index (κ2) is 16.3. The number of unbranched alkanes of at least 4 members (excludes halogenated alkanes) is 1. The molecule has 0 aliphatic carbocycles. The summed E-state index contributed by atoms with van der Waals surface area (Å²) in [6.45, 7) is 6.88. The number of hydrogen-bond donors (Lipinski definition) is 2. The quantitative estimate of drug-likeness (QED) is 0.0737. The summed E-state index contributed by atoms with van der Waals surface area (Å²) in [4.78, 5) is 41.1. The number of fused-ring (bicyclic) bond motifs is 1. The molecule has 0 radical (unpaired) electrons. The van der Waals surface area contributed by atoms with Crippen molar-refractivity contribution in [3.05, 3.63) is 125 Å². The van der Waals surface area contributed by atoms with Gasteiger partial charge in [-0.2, -0.15) is 0 Å². The third kappa shape index (κ3) is 8.19. The van der Waals surface area contributed by atoms with E-state index in [1.54, 1.807) is 17.0 Å². The Labute approximate surface area is 311 Å². The number of hydrogen-bond acceptors (Lipinski definition) is 6. The largest absolute Gasteiger partial charge is 0.508 e. The molecule has 7 rings (SSSR count). The van der Waals surface area contributed by atoms with Crippen molar-refractivity contribution in [2.75, 3.05) is 37.7 Å². The molecule has 0 saturated carbocycles. The number of nitrogens with one attached hydrogen (secondary N) is 1. The van der Waals surface area contributed by atoms with Gasteiger partial charge >= 0.3 is 0 Å². The van der Waals surface area contributed by atoms with Crippen molar-refractivity contribution < 1.29 is 28.8 Å². The number of benzene rings is 4. The zero-order valence-electron chi connectivity index (χ0n) is 30.3. The maximum absolute atomic E-state index is 13.1. The van der Waals surface area contributed by atoms with E-state index in [1.165, 1.54) is 11.1 Å². The summed E-state index contributed by atoms with van der Waals surface area (Å²) in [6.07, 6.45) is 6.77. The second-order valence-electron chi connectivity index (χ2n) is 14.0. The topological polar surface area (TPSA) is 102 Å². The number of nitrogens with zero attached hydrogens (tertiary/aromatic N) is 3. The fourth-order valence-corrected chi connectivity index (χ4v) is 7.69. The van der Waals surface area contributed by atoms with Crippen LogP contribution in [0.4, 0.5) is 5.69 Å². The standard InChI is InChI=1S/C44H46N4O5/c1-2-38(31-9-4-3-5-10-31)42(32-11-16-36(49)17-12-32)33-13-18-37(19-14-33)53-28-7-6-23-46-24-8-25-47(27-26-46)35-15-20-39-34(29-35)30-48(44(39)52)40-21-22-41(50)45-43(40)51/h3-5,9-20,26,29,40H,2,6-8,21-25,27-28,30H2,1H3,(H-,45,49,50,51)/p+1/b42-38-. The molecular weight excluding hydrogens is 665 g/mol. The fraction of sp³-hybridized carbons (Fsp3) is 0.318. The van der Waals surface area contributed by atoms with Crippen LogP contribution in [0.1, 0.15) is 78.1 Å². The maximum atomic E-state index is 13.1. The molecule has 4 aromatic carbocycles. The highest BCUT2D eigenvalue weighted by Crippen LogP contribution is 2.36. The smallest absolute Gasteiger partial charge is 0.255 e. The summed E-state index contributed by atoms with van der Waals surface area (Å²) >= 11 is 0. The third-order valence-electron chi connectivity index (χ3n) is 10.5. The van der Waals surface area contributed by atoms with Gasteiger partial charge < -0.3 is 19.6 Å². The zero-order valence-corrected chi connectivity index (χ0v) is 30.3. The average Bonchev–Trinajstić information content (AvgIpc) is 3.32. The van der Waals surface area contributed by atoms with E-state index in [2.05, 4.69) is 70.4 Å². The van der Waals surface area contributed by atoms with Gasteiger partial charge in [-0.15, -0.1) is 0 Å². The van der Waals surface area contributed by atoms with Crippen LogP contribution in [-0.4, -0.2) is 77.3 Å². The van der Waals surface area contributed by atoms with E-state index in [0.717, 1.165) is 85.6 Å². The van der Waals surface area contributed by atoms with Gasteiger partial charge in [-0.05, 0) is 95.1 Å². The monoisotopic (exact) mass is 711 g/mol. The van der Waals surface area contributed by atoms with Crippen LogP contribution in [0.2, 0.25) is 0 Å². The molecule has 4 aromatic rings. The molecule has 3 amide bonds. The number of phenolic OH excluding ortho intramolecular Hbond substituents is 1. The number of carbonyl (C=O) groups excluding carboxylic acids is 3. The molecule has 0 aromatic heterocycles. The van der Waals surface area contributed by atoms with Gasteiger partial charge in [0.25, 0.3) is 5.91 Å². The lowest BCUT2D eigenvalue weighted by Crippen LogP contribution is -2.52. The van der Waals surface area contributed by atoms with Crippen molar-refractivity contribution >= 4 is 40.8 Å². The summed E-state index contributed by atoms with van der Waals surface area (Å²) < 4.78 is 8.58. The number of rotatable bonds is 12. The summed E-state index contributed by atoms with van der Waals surface area (Å²) in [5, 5.41) is 12.3. The molecule has 1 saturated heterocycles. The van der Waals surface area contributed by atoms with Crippen LogP contribution < -0.4 is 15.0 Å². The highest BCUT2D eigenvalue weighted by molar-refractivity contribution is 6.05. The number of carbonyl (C=O) groups is 3. The molecular formula is C44H47N4O5+. The third-order valence-corrected chi connectivity index (χ3v) is 10.5. The molecule has 53 heavy (non-hydrogen) atoms. The van der Waals surface area contributed by atoms with Gasteiger partial charge in [0.2, 0.25) is 11.8 Å². The highest BCUT2D eigenvalue weighted by Gasteiger charge is 2.39. The molecule has 9 nitrogen and oxygen atoms in total. The molecule has 272 valence electrons. The molecule has 3 heterocycles. The molecule has 2 N–H and O–H groups in total. The zero-order chi connectivity index (χ0) is 36.7. The van der Waals surface area contributed by atoms with Crippen molar-refractivity contribution in [1.29, 1.82) is 0 Å². The minimum Gasteiger partial charge on any atom is -0.508 e. The maximum Gasteiger partial charge on any atom is 0.255 e. The predicted octanol–water partition coefficient (Wildman–Crippen LogP) is 6.67. The normalized spacial score (nSPS) is 17.9. The Morgan fingerprint density at radius 2 is 1.66 bits per heavy atom. The molecule has 1 fully saturated rings. The van der Waals surface area contributed by atoms with Gasteiger partial charge in [-0.1, -0.05) is 61.5 Å². The lowest BCUT2D eigenvalue weighted by Gasteiger charge is -2.29. The van der Waals surface area contributed by atoms with Crippen LogP contribution >= 0.6 is 0 Å². The Morgan fingerprint density at radius 3 is 2.40 bits per heavy atom. The molecule has 3 aliphatic heterocycles. The Hall–Kier alpha value is -5.70. The van der Waals surface area contributed by atoms with Gasteiger partial charge in [0.15, 0.2) is 6.21 Å². The lowest BCUT2D eigenvalue weighted by atomic mass is 9.88. The summed E-state index contributed by atoms with van der Waals surface area (Å²) in [5.74, 6) is 0.300.